The van der Waals surface area contributed by atoms with Crippen molar-refractivity contribution >= 4 is 5.96 Å². The number of guanidine groups is 1. The number of rotatable bonds is 3. The molecule has 68 valence electrons. The van der Waals surface area contributed by atoms with Gasteiger partial charge in [-0.25, -0.2) is 0 Å². The van der Waals surface area contributed by atoms with Crippen molar-refractivity contribution in [3.63, 3.8) is 0 Å². The van der Waals surface area contributed by atoms with Crippen LogP contribution in [-0.4, -0.2) is 18.5 Å². The number of nitrogens with one attached hydrogen (secondary N) is 1. The minimum absolute atomic E-state index is 0.0547. The fourth-order valence-corrected chi connectivity index (χ4v) is 0.590. The molecule has 0 heterocycles. The van der Waals surface area contributed by atoms with Gasteiger partial charge < -0.3 is 11.1 Å². The highest BCUT2D eigenvalue weighted by Gasteiger charge is 1.97. The molecule has 3 heteroatoms. The molecule has 0 fully saturated rings. The number of hydrogen-bond acceptors (Lipinski definition) is 1. The third kappa shape index (κ3) is 5.60. The lowest BCUT2D eigenvalue weighted by Crippen LogP contribution is -2.37. The van der Waals surface area contributed by atoms with E-state index < -0.39 is 0 Å². The van der Waals surface area contributed by atoms with E-state index >= 15 is 0 Å². The molecule has 0 saturated carbocycles. The Balaban J connectivity index is 3.79. The summed E-state index contributed by atoms with van der Waals surface area (Å²) in [5, 5.41) is 2.88. The second-order valence-electron chi connectivity index (χ2n) is 3.15. The number of nitrogens with zero attached hydrogens (tertiary/aromatic N) is 1. The summed E-state index contributed by atoms with van der Waals surface area (Å²) in [4.78, 5) is 4.10. The third-order valence-electron chi connectivity index (χ3n) is 1.24. The first kappa shape index (κ1) is 10.8. The summed E-state index contributed by atoms with van der Waals surface area (Å²) in [5.41, 5.74) is 5.54. The van der Waals surface area contributed by atoms with E-state index in [2.05, 4.69) is 30.1 Å². The standard InChI is InChI=1S/C9H17N3/c1-5-8(4)12-9(10)11-6-7(2)3/h1,7-8H,6H2,2-4H3,(H3,10,11,12). The number of hydrogen-bond donors (Lipinski definition) is 2. The molecule has 1 atom stereocenters. The molecular formula is C9H17N3. The topological polar surface area (TPSA) is 50.4 Å². The molecule has 0 bridgehead atoms. The van der Waals surface area contributed by atoms with Gasteiger partial charge >= 0.3 is 0 Å². The van der Waals surface area contributed by atoms with E-state index in [0.29, 0.717) is 11.9 Å². The fourth-order valence-electron chi connectivity index (χ4n) is 0.590. The lowest BCUT2D eigenvalue weighted by atomic mass is 10.2. The van der Waals surface area contributed by atoms with Crippen LogP contribution in [0.15, 0.2) is 4.99 Å². The van der Waals surface area contributed by atoms with Crippen LogP contribution in [0.3, 0.4) is 0 Å². The summed E-state index contributed by atoms with van der Waals surface area (Å²) in [7, 11) is 0. The molecule has 0 spiro atoms. The van der Waals surface area contributed by atoms with Crippen LogP contribution in [0, 0.1) is 18.3 Å². The largest absolute Gasteiger partial charge is 0.370 e. The van der Waals surface area contributed by atoms with Crippen molar-refractivity contribution in [2.24, 2.45) is 16.6 Å². The molecule has 0 aromatic heterocycles. The smallest absolute Gasteiger partial charge is 0.189 e. The van der Waals surface area contributed by atoms with E-state index in [4.69, 9.17) is 12.2 Å². The van der Waals surface area contributed by atoms with Crippen LogP contribution in [0.1, 0.15) is 20.8 Å². The first-order chi connectivity index (χ1) is 5.56. The Morgan fingerprint density at radius 2 is 2.17 bits per heavy atom. The van der Waals surface area contributed by atoms with Gasteiger partial charge in [-0.05, 0) is 12.8 Å². The lowest BCUT2D eigenvalue weighted by Gasteiger charge is -2.08. The maximum absolute atomic E-state index is 5.54. The monoisotopic (exact) mass is 167 g/mol. The first-order valence-corrected chi connectivity index (χ1v) is 4.08. The van der Waals surface area contributed by atoms with Crippen molar-refractivity contribution in [3.05, 3.63) is 0 Å². The quantitative estimate of drug-likeness (QED) is 0.367. The van der Waals surface area contributed by atoms with E-state index in [0.717, 1.165) is 6.54 Å². The molecule has 0 amide bonds. The second-order valence-corrected chi connectivity index (χ2v) is 3.15. The third-order valence-corrected chi connectivity index (χ3v) is 1.24. The van der Waals surface area contributed by atoms with Crippen LogP contribution in [-0.2, 0) is 0 Å². The molecule has 1 unspecified atom stereocenters. The van der Waals surface area contributed by atoms with Crippen LogP contribution >= 0.6 is 0 Å². The van der Waals surface area contributed by atoms with E-state index in [1.807, 2.05) is 6.92 Å². The average Bonchev–Trinajstić information content (AvgIpc) is 2.00. The van der Waals surface area contributed by atoms with Crippen LogP contribution in [0.5, 0.6) is 0 Å². The van der Waals surface area contributed by atoms with Gasteiger partial charge in [-0.15, -0.1) is 6.42 Å². The maximum atomic E-state index is 5.54. The molecule has 0 aliphatic carbocycles. The second kappa shape index (κ2) is 5.48. The minimum atomic E-state index is -0.0547. The maximum Gasteiger partial charge on any atom is 0.189 e. The fraction of sp³-hybridized carbons (Fsp3) is 0.667. The van der Waals surface area contributed by atoms with Crippen molar-refractivity contribution in [3.8, 4) is 12.3 Å². The summed E-state index contributed by atoms with van der Waals surface area (Å²) >= 11 is 0. The van der Waals surface area contributed by atoms with Gasteiger partial charge in [0.15, 0.2) is 5.96 Å². The highest BCUT2D eigenvalue weighted by molar-refractivity contribution is 5.78. The SMILES string of the molecule is C#CC(C)NC(N)=NCC(C)C. The molecular weight excluding hydrogens is 150 g/mol. The van der Waals surface area contributed by atoms with Crippen molar-refractivity contribution in [1.29, 1.82) is 0 Å². The van der Waals surface area contributed by atoms with Gasteiger partial charge in [0.1, 0.15) is 0 Å². The molecule has 0 rings (SSSR count). The number of terminal acetylenes is 1. The molecule has 0 aliphatic heterocycles. The van der Waals surface area contributed by atoms with Gasteiger partial charge in [-0.1, -0.05) is 19.8 Å². The van der Waals surface area contributed by atoms with Gasteiger partial charge in [0, 0.05) is 6.54 Å². The van der Waals surface area contributed by atoms with Gasteiger partial charge in [0.25, 0.3) is 0 Å². The van der Waals surface area contributed by atoms with Crippen molar-refractivity contribution < 1.29 is 0 Å². The number of nitrogens with two attached hydrogens (primary N) is 1. The molecule has 3 N–H and O–H groups in total. The zero-order valence-corrected chi connectivity index (χ0v) is 7.96. The molecule has 0 radical (unpaired) electrons. The van der Waals surface area contributed by atoms with Gasteiger partial charge in [0.05, 0.1) is 6.04 Å². The van der Waals surface area contributed by atoms with Crippen LogP contribution < -0.4 is 11.1 Å². The average molecular weight is 167 g/mol. The zero-order chi connectivity index (χ0) is 9.56. The lowest BCUT2D eigenvalue weighted by molar-refractivity contribution is 0.659. The highest BCUT2D eigenvalue weighted by atomic mass is 15.1. The Hall–Kier alpha value is -1.17. The van der Waals surface area contributed by atoms with E-state index in [1.165, 1.54) is 0 Å². The Morgan fingerprint density at radius 3 is 2.58 bits per heavy atom. The Kier molecular flexibility index (Phi) is 4.94. The molecule has 0 aliphatic rings. The summed E-state index contributed by atoms with van der Waals surface area (Å²) in [6.45, 7) is 6.76. The number of aliphatic imine (C=N–C) groups is 1. The molecule has 3 nitrogen and oxygen atoms in total. The van der Waals surface area contributed by atoms with Crippen LogP contribution in [0.2, 0.25) is 0 Å². The first-order valence-electron chi connectivity index (χ1n) is 4.08. The van der Waals surface area contributed by atoms with Gasteiger partial charge in [-0.3, -0.25) is 4.99 Å². The summed E-state index contributed by atoms with van der Waals surface area (Å²) in [6, 6.07) is -0.0547. The Bertz CT molecular complexity index is 188. The predicted octanol–water partition coefficient (Wildman–Crippen LogP) is 0.568. The molecule has 0 aromatic carbocycles. The highest BCUT2D eigenvalue weighted by Crippen LogP contribution is 1.90. The van der Waals surface area contributed by atoms with Crippen molar-refractivity contribution in [2.45, 2.75) is 26.8 Å². The minimum Gasteiger partial charge on any atom is -0.370 e. The molecule has 12 heavy (non-hydrogen) atoms. The zero-order valence-electron chi connectivity index (χ0n) is 7.96. The van der Waals surface area contributed by atoms with Crippen molar-refractivity contribution in [2.75, 3.05) is 6.54 Å². The molecule has 0 saturated heterocycles. The summed E-state index contributed by atoms with van der Waals surface area (Å²) < 4.78 is 0. The predicted molar refractivity (Wildman–Crippen MR) is 52.8 cm³/mol. The van der Waals surface area contributed by atoms with Crippen LogP contribution in [0.4, 0.5) is 0 Å². The Labute approximate surface area is 74.4 Å². The van der Waals surface area contributed by atoms with E-state index in [9.17, 15) is 0 Å². The van der Waals surface area contributed by atoms with E-state index in [-0.39, 0.29) is 6.04 Å². The van der Waals surface area contributed by atoms with Gasteiger partial charge in [-0.2, -0.15) is 0 Å². The summed E-state index contributed by atoms with van der Waals surface area (Å²) in [6.07, 6.45) is 5.15. The molecule has 0 aromatic rings. The van der Waals surface area contributed by atoms with Crippen LogP contribution in [0.25, 0.3) is 0 Å². The normalized spacial score (nSPS) is 14.1. The Morgan fingerprint density at radius 1 is 1.58 bits per heavy atom. The van der Waals surface area contributed by atoms with Crippen molar-refractivity contribution in [1.82, 2.24) is 5.32 Å². The summed E-state index contributed by atoms with van der Waals surface area (Å²) in [5.74, 6) is 3.46. The van der Waals surface area contributed by atoms with E-state index in [1.54, 1.807) is 0 Å². The van der Waals surface area contributed by atoms with Gasteiger partial charge in [0.2, 0.25) is 0 Å².